The lowest BCUT2D eigenvalue weighted by atomic mass is 10.0. The molecule has 0 aliphatic carbocycles. The normalized spacial score (nSPS) is 12.0. The van der Waals surface area contributed by atoms with E-state index in [0.717, 1.165) is 99.0 Å². The highest BCUT2D eigenvalue weighted by Gasteiger charge is 2.25. The molecule has 55 heavy (non-hydrogen) atoms. The Bertz CT molecular complexity index is 3480. The minimum Gasteiger partial charge on any atom is -0.456 e. The average Bonchev–Trinajstić information content (AvgIpc) is 3.92. The topological polar surface area (TPSA) is 48.8 Å². The van der Waals surface area contributed by atoms with Gasteiger partial charge >= 0.3 is 0 Å². The predicted octanol–water partition coefficient (Wildman–Crippen LogP) is 13.1. The molecule has 0 saturated heterocycles. The number of hydrogen-bond donors (Lipinski definition) is 0. The second-order valence-electron chi connectivity index (χ2n) is 14.2. The van der Waals surface area contributed by atoms with E-state index in [4.69, 9.17) is 14.4 Å². The first kappa shape index (κ1) is 30.0. The maximum absolute atomic E-state index is 6.53. The lowest BCUT2D eigenvalue weighted by Crippen LogP contribution is -2.05. The smallest absolute Gasteiger partial charge is 0.235 e. The summed E-state index contributed by atoms with van der Waals surface area (Å²) in [7, 11) is 0. The van der Waals surface area contributed by atoms with Gasteiger partial charge in [0.2, 0.25) is 5.95 Å². The Hall–Kier alpha value is -7.50. The van der Waals surface area contributed by atoms with Crippen LogP contribution in [0.4, 0.5) is 0 Å². The Balaban J connectivity index is 1.30. The number of hydrogen-bond acceptors (Lipinski definition) is 3. The standard InChI is InChI=1S/C50H30N4O/c1-3-14-31(15-4-1)33-18-13-19-34(30-33)53-47-37(28-29-44-45(47)40-22-9-12-25-43(40)55-44)38-27-26-36-35-20-8-11-24-42(35)54(49(36)48(38)53)50-51-41-23-10-7-21-39(41)46(52-50)32-16-5-2-6-17-32/h1-30H. The van der Waals surface area contributed by atoms with E-state index in [0.29, 0.717) is 5.95 Å². The summed E-state index contributed by atoms with van der Waals surface area (Å²) in [6.07, 6.45) is 0. The van der Waals surface area contributed by atoms with Crippen molar-refractivity contribution in [2.24, 2.45) is 0 Å². The summed E-state index contributed by atoms with van der Waals surface area (Å²) in [5, 5.41) is 7.79. The van der Waals surface area contributed by atoms with Crippen molar-refractivity contribution in [3.63, 3.8) is 0 Å². The fraction of sp³-hybridized carbons (Fsp3) is 0. The highest BCUT2D eigenvalue weighted by molar-refractivity contribution is 6.29. The first-order valence-corrected chi connectivity index (χ1v) is 18.6. The minimum absolute atomic E-state index is 0.630. The van der Waals surface area contributed by atoms with E-state index in [1.165, 1.54) is 5.56 Å². The van der Waals surface area contributed by atoms with Crippen molar-refractivity contribution in [2.45, 2.75) is 0 Å². The molecule has 12 rings (SSSR count). The molecule has 4 aromatic heterocycles. The lowest BCUT2D eigenvalue weighted by Gasteiger charge is -2.14. The van der Waals surface area contributed by atoms with Gasteiger partial charge in [-0.2, -0.15) is 0 Å². The summed E-state index contributed by atoms with van der Waals surface area (Å²) in [6.45, 7) is 0. The zero-order valence-electron chi connectivity index (χ0n) is 29.5. The summed E-state index contributed by atoms with van der Waals surface area (Å²) in [4.78, 5) is 10.8. The van der Waals surface area contributed by atoms with Crippen molar-refractivity contribution in [3.05, 3.63) is 182 Å². The van der Waals surface area contributed by atoms with Gasteiger partial charge in [0.1, 0.15) is 11.2 Å². The van der Waals surface area contributed by atoms with Crippen molar-refractivity contribution >= 4 is 76.5 Å². The highest BCUT2D eigenvalue weighted by Crippen LogP contribution is 2.45. The Morgan fingerprint density at radius 3 is 1.84 bits per heavy atom. The van der Waals surface area contributed by atoms with Gasteiger partial charge in [-0.05, 0) is 53.6 Å². The molecule has 8 aromatic carbocycles. The SMILES string of the molecule is c1ccc(-c2cccc(-n3c4c(ccc5oc6ccccc6c54)c4ccc5c6ccccc6n(-c6nc(-c7ccccc7)c7ccccc7n6)c5c43)c2)cc1. The van der Waals surface area contributed by atoms with Gasteiger partial charge in [-0.25, -0.2) is 9.97 Å². The Labute approximate surface area is 315 Å². The Kier molecular flexibility index (Phi) is 6.27. The molecule has 0 fully saturated rings. The van der Waals surface area contributed by atoms with Gasteiger partial charge in [-0.15, -0.1) is 0 Å². The Morgan fingerprint density at radius 1 is 0.382 bits per heavy atom. The largest absolute Gasteiger partial charge is 0.456 e. The molecule has 5 heteroatoms. The number of fused-ring (bicyclic) bond motifs is 12. The molecule has 5 nitrogen and oxygen atoms in total. The quantitative estimate of drug-likeness (QED) is 0.183. The highest BCUT2D eigenvalue weighted by atomic mass is 16.3. The maximum atomic E-state index is 6.53. The number of aromatic nitrogens is 4. The first-order valence-electron chi connectivity index (χ1n) is 18.6. The molecule has 0 unspecified atom stereocenters. The third-order valence-corrected chi connectivity index (χ3v) is 11.1. The van der Waals surface area contributed by atoms with Crippen LogP contribution in [0.2, 0.25) is 0 Å². The monoisotopic (exact) mass is 702 g/mol. The third kappa shape index (κ3) is 4.35. The molecular formula is C50H30N4O. The second-order valence-corrected chi connectivity index (χ2v) is 14.2. The molecule has 12 aromatic rings. The van der Waals surface area contributed by atoms with E-state index in [1.807, 2.05) is 12.1 Å². The molecule has 0 N–H and O–H groups in total. The molecule has 0 aliphatic rings. The summed E-state index contributed by atoms with van der Waals surface area (Å²) in [5.74, 6) is 0.630. The van der Waals surface area contributed by atoms with Gasteiger partial charge in [0.25, 0.3) is 0 Å². The molecule has 0 atom stereocenters. The van der Waals surface area contributed by atoms with E-state index in [2.05, 4.69) is 179 Å². The summed E-state index contributed by atoms with van der Waals surface area (Å²) >= 11 is 0. The van der Waals surface area contributed by atoms with Crippen LogP contribution in [0.15, 0.2) is 186 Å². The van der Waals surface area contributed by atoms with Gasteiger partial charge in [0, 0.05) is 43.6 Å². The van der Waals surface area contributed by atoms with Gasteiger partial charge in [0.15, 0.2) is 0 Å². The number of rotatable bonds is 4. The fourth-order valence-corrected chi connectivity index (χ4v) is 8.75. The van der Waals surface area contributed by atoms with Gasteiger partial charge < -0.3 is 8.98 Å². The first-order chi connectivity index (χ1) is 27.3. The van der Waals surface area contributed by atoms with Gasteiger partial charge in [-0.1, -0.05) is 140 Å². The zero-order valence-corrected chi connectivity index (χ0v) is 29.5. The molecule has 0 saturated carbocycles. The van der Waals surface area contributed by atoms with Crippen LogP contribution in [0.1, 0.15) is 0 Å². The van der Waals surface area contributed by atoms with E-state index >= 15 is 0 Å². The third-order valence-electron chi connectivity index (χ3n) is 11.1. The molecule has 4 heterocycles. The van der Waals surface area contributed by atoms with Crippen molar-refractivity contribution in [1.29, 1.82) is 0 Å². The van der Waals surface area contributed by atoms with Crippen LogP contribution in [-0.2, 0) is 0 Å². The molecule has 0 amide bonds. The molecule has 0 aliphatic heterocycles. The number of furan rings is 1. The summed E-state index contributed by atoms with van der Waals surface area (Å²) in [6, 6.07) is 64.1. The van der Waals surface area contributed by atoms with Crippen LogP contribution in [-0.4, -0.2) is 19.1 Å². The van der Waals surface area contributed by atoms with Crippen molar-refractivity contribution in [3.8, 4) is 34.0 Å². The molecule has 256 valence electrons. The van der Waals surface area contributed by atoms with Crippen LogP contribution in [0.25, 0.3) is 110 Å². The van der Waals surface area contributed by atoms with Crippen LogP contribution in [0.5, 0.6) is 0 Å². The Morgan fingerprint density at radius 2 is 1.00 bits per heavy atom. The van der Waals surface area contributed by atoms with E-state index < -0.39 is 0 Å². The maximum Gasteiger partial charge on any atom is 0.235 e. The predicted molar refractivity (Wildman–Crippen MR) is 226 cm³/mol. The lowest BCUT2D eigenvalue weighted by molar-refractivity contribution is 0.669. The molecule has 0 radical (unpaired) electrons. The van der Waals surface area contributed by atoms with Crippen LogP contribution in [0.3, 0.4) is 0 Å². The molecule has 0 spiro atoms. The van der Waals surface area contributed by atoms with Crippen LogP contribution in [0, 0.1) is 0 Å². The van der Waals surface area contributed by atoms with Gasteiger partial charge in [-0.3, -0.25) is 4.57 Å². The fourth-order valence-electron chi connectivity index (χ4n) is 8.75. The van der Waals surface area contributed by atoms with Crippen LogP contribution < -0.4 is 0 Å². The summed E-state index contributed by atoms with van der Waals surface area (Å²) < 4.78 is 11.3. The number of benzene rings is 8. The van der Waals surface area contributed by atoms with Crippen LogP contribution >= 0.6 is 0 Å². The molecule has 0 bridgehead atoms. The second kappa shape index (κ2) is 11.5. The number of para-hydroxylation sites is 3. The molecular weight excluding hydrogens is 673 g/mol. The van der Waals surface area contributed by atoms with E-state index in [1.54, 1.807) is 0 Å². The minimum atomic E-state index is 0.630. The summed E-state index contributed by atoms with van der Waals surface area (Å²) in [5.41, 5.74) is 12.3. The van der Waals surface area contributed by atoms with E-state index in [9.17, 15) is 0 Å². The van der Waals surface area contributed by atoms with Crippen molar-refractivity contribution in [1.82, 2.24) is 19.1 Å². The van der Waals surface area contributed by atoms with E-state index in [-0.39, 0.29) is 0 Å². The zero-order chi connectivity index (χ0) is 36.0. The van der Waals surface area contributed by atoms with Crippen molar-refractivity contribution < 1.29 is 4.42 Å². The van der Waals surface area contributed by atoms with Crippen molar-refractivity contribution in [2.75, 3.05) is 0 Å². The number of nitrogens with zero attached hydrogens (tertiary/aromatic N) is 4. The van der Waals surface area contributed by atoms with Gasteiger partial charge in [0.05, 0.1) is 38.7 Å². The average molecular weight is 703 g/mol.